The Morgan fingerprint density at radius 1 is 1.23 bits per heavy atom. The molecular formula is C17H20N2O3. The average Bonchev–Trinajstić information content (AvgIpc) is 2.52. The summed E-state index contributed by atoms with van der Waals surface area (Å²) >= 11 is 0. The predicted molar refractivity (Wildman–Crippen MR) is 81.1 cm³/mol. The van der Waals surface area contributed by atoms with E-state index in [1.165, 1.54) is 12.1 Å². The highest BCUT2D eigenvalue weighted by Gasteiger charge is 2.29. The maximum absolute atomic E-state index is 12.3. The van der Waals surface area contributed by atoms with Crippen LogP contribution in [-0.2, 0) is 9.53 Å². The lowest BCUT2D eigenvalue weighted by atomic mass is 9.97. The first kappa shape index (κ1) is 16.0. The van der Waals surface area contributed by atoms with Gasteiger partial charge in [0.25, 0.3) is 5.91 Å². The first-order valence-electron chi connectivity index (χ1n) is 7.51. The summed E-state index contributed by atoms with van der Waals surface area (Å²) in [6.07, 6.45) is 3.09. The normalized spacial score (nSPS) is 21.0. The maximum Gasteiger partial charge on any atom is 0.338 e. The fourth-order valence-corrected chi connectivity index (χ4v) is 2.88. The zero-order chi connectivity index (χ0) is 16.1. The summed E-state index contributed by atoms with van der Waals surface area (Å²) in [5, 5.41) is 8.72. The summed E-state index contributed by atoms with van der Waals surface area (Å²) < 4.78 is 5.10. The van der Waals surface area contributed by atoms with Crippen LogP contribution in [0.1, 0.15) is 49.0 Å². The Balaban J connectivity index is 1.92. The second-order valence-corrected chi connectivity index (χ2v) is 5.70. The van der Waals surface area contributed by atoms with Crippen LogP contribution in [0.5, 0.6) is 0 Å². The summed E-state index contributed by atoms with van der Waals surface area (Å²) in [5.41, 5.74) is 0.815. The number of carbonyl (C=O) groups is 2. The largest absolute Gasteiger partial charge is 0.452 e. The van der Waals surface area contributed by atoms with Gasteiger partial charge in [-0.3, -0.25) is 4.79 Å². The quantitative estimate of drug-likeness (QED) is 0.804. The van der Waals surface area contributed by atoms with Crippen LogP contribution in [0.2, 0.25) is 0 Å². The van der Waals surface area contributed by atoms with Gasteiger partial charge in [0.15, 0.2) is 6.61 Å². The molecule has 1 heterocycles. The van der Waals surface area contributed by atoms with E-state index in [2.05, 4.69) is 0 Å². The van der Waals surface area contributed by atoms with E-state index in [-0.39, 0.29) is 24.6 Å². The summed E-state index contributed by atoms with van der Waals surface area (Å²) in [6, 6.07) is 8.50. The van der Waals surface area contributed by atoms with Crippen LogP contribution in [0.15, 0.2) is 24.3 Å². The SMILES string of the molecule is C[C@@H]1CCC[C@@H](C)N1C(=O)COC(=O)c1ccc(C#N)cc1. The van der Waals surface area contributed by atoms with Crippen LogP contribution < -0.4 is 0 Å². The smallest absolute Gasteiger partial charge is 0.338 e. The molecule has 1 fully saturated rings. The van der Waals surface area contributed by atoms with Crippen LogP contribution >= 0.6 is 0 Å². The molecule has 1 aliphatic rings. The lowest BCUT2D eigenvalue weighted by Gasteiger charge is -2.38. The van der Waals surface area contributed by atoms with Crippen molar-refractivity contribution in [3.8, 4) is 6.07 Å². The van der Waals surface area contributed by atoms with E-state index < -0.39 is 5.97 Å². The van der Waals surface area contributed by atoms with Crippen LogP contribution in [0.25, 0.3) is 0 Å². The molecule has 116 valence electrons. The molecule has 0 aromatic heterocycles. The molecule has 1 saturated heterocycles. The number of rotatable bonds is 3. The van der Waals surface area contributed by atoms with Gasteiger partial charge in [-0.15, -0.1) is 0 Å². The monoisotopic (exact) mass is 300 g/mol. The van der Waals surface area contributed by atoms with E-state index in [4.69, 9.17) is 10.00 Å². The van der Waals surface area contributed by atoms with Crippen molar-refractivity contribution < 1.29 is 14.3 Å². The third-order valence-electron chi connectivity index (χ3n) is 4.06. The van der Waals surface area contributed by atoms with Crippen molar-refractivity contribution in [3.63, 3.8) is 0 Å². The lowest BCUT2D eigenvalue weighted by molar-refractivity contribution is -0.140. The number of nitrogens with zero attached hydrogens (tertiary/aromatic N) is 2. The van der Waals surface area contributed by atoms with Crippen molar-refractivity contribution >= 4 is 11.9 Å². The van der Waals surface area contributed by atoms with Crippen LogP contribution in [-0.4, -0.2) is 35.5 Å². The molecule has 22 heavy (non-hydrogen) atoms. The van der Waals surface area contributed by atoms with Crippen molar-refractivity contribution in [2.45, 2.75) is 45.2 Å². The third kappa shape index (κ3) is 3.64. The Morgan fingerprint density at radius 2 is 1.82 bits per heavy atom. The van der Waals surface area contributed by atoms with Crippen molar-refractivity contribution in [2.24, 2.45) is 0 Å². The number of piperidine rings is 1. The molecule has 0 bridgehead atoms. The number of hydrogen-bond donors (Lipinski definition) is 0. The predicted octanol–water partition coefficient (Wildman–Crippen LogP) is 2.50. The number of ether oxygens (including phenoxy) is 1. The van der Waals surface area contributed by atoms with Crippen molar-refractivity contribution in [2.75, 3.05) is 6.61 Å². The second kappa shape index (κ2) is 7.08. The van der Waals surface area contributed by atoms with Gasteiger partial charge in [-0.05, 0) is 57.4 Å². The minimum Gasteiger partial charge on any atom is -0.452 e. The number of hydrogen-bond acceptors (Lipinski definition) is 4. The fourth-order valence-electron chi connectivity index (χ4n) is 2.88. The number of likely N-dealkylation sites (tertiary alicyclic amines) is 1. The minimum atomic E-state index is -0.546. The highest BCUT2D eigenvalue weighted by Crippen LogP contribution is 2.22. The number of amides is 1. The standard InChI is InChI=1S/C17H20N2O3/c1-12-4-3-5-13(2)19(12)16(20)11-22-17(21)15-8-6-14(10-18)7-9-15/h6-9,12-13H,3-5,11H2,1-2H3/t12-,13-/m1/s1. The zero-order valence-electron chi connectivity index (χ0n) is 12.9. The van der Waals surface area contributed by atoms with Gasteiger partial charge in [-0.25, -0.2) is 4.79 Å². The Labute approximate surface area is 130 Å². The maximum atomic E-state index is 12.3. The minimum absolute atomic E-state index is 0.151. The van der Waals surface area contributed by atoms with Crippen LogP contribution in [0.4, 0.5) is 0 Å². The first-order valence-corrected chi connectivity index (χ1v) is 7.51. The van der Waals surface area contributed by atoms with E-state index in [1.54, 1.807) is 12.1 Å². The van der Waals surface area contributed by atoms with Gasteiger partial charge in [0.1, 0.15) is 0 Å². The molecule has 0 aliphatic carbocycles. The summed E-state index contributed by atoms with van der Waals surface area (Å²) in [4.78, 5) is 26.0. The van der Waals surface area contributed by atoms with Gasteiger partial charge in [0, 0.05) is 12.1 Å². The molecule has 2 rings (SSSR count). The Hall–Kier alpha value is -2.35. The van der Waals surface area contributed by atoms with E-state index >= 15 is 0 Å². The molecule has 0 spiro atoms. The second-order valence-electron chi connectivity index (χ2n) is 5.70. The Kier molecular flexibility index (Phi) is 5.16. The number of esters is 1. The molecule has 1 aromatic carbocycles. The molecule has 1 aromatic rings. The molecule has 1 amide bonds. The molecule has 5 heteroatoms. The number of benzene rings is 1. The topological polar surface area (TPSA) is 70.4 Å². The number of nitriles is 1. The van der Waals surface area contributed by atoms with Crippen LogP contribution in [0, 0.1) is 11.3 Å². The van der Waals surface area contributed by atoms with E-state index in [9.17, 15) is 9.59 Å². The highest BCUT2D eigenvalue weighted by molar-refractivity contribution is 5.91. The van der Waals surface area contributed by atoms with Crippen LogP contribution in [0.3, 0.4) is 0 Å². The van der Waals surface area contributed by atoms with Crippen molar-refractivity contribution in [3.05, 3.63) is 35.4 Å². The Morgan fingerprint density at radius 3 is 2.36 bits per heavy atom. The lowest BCUT2D eigenvalue weighted by Crippen LogP contribution is -2.49. The van der Waals surface area contributed by atoms with Crippen molar-refractivity contribution in [1.29, 1.82) is 5.26 Å². The summed E-state index contributed by atoms with van der Waals surface area (Å²) in [7, 11) is 0. The Bertz CT molecular complexity index is 579. The van der Waals surface area contributed by atoms with Crippen molar-refractivity contribution in [1.82, 2.24) is 4.90 Å². The van der Waals surface area contributed by atoms with E-state index in [0.717, 1.165) is 19.3 Å². The van der Waals surface area contributed by atoms with E-state index in [0.29, 0.717) is 11.1 Å². The molecule has 0 radical (unpaired) electrons. The van der Waals surface area contributed by atoms with Gasteiger partial charge in [-0.2, -0.15) is 5.26 Å². The van der Waals surface area contributed by atoms with Gasteiger partial charge in [0.05, 0.1) is 17.2 Å². The average molecular weight is 300 g/mol. The first-order chi connectivity index (χ1) is 10.5. The molecule has 0 unspecified atom stereocenters. The van der Waals surface area contributed by atoms with Gasteiger partial charge in [-0.1, -0.05) is 0 Å². The molecular weight excluding hydrogens is 280 g/mol. The molecule has 0 N–H and O–H groups in total. The number of carbonyl (C=O) groups excluding carboxylic acids is 2. The summed E-state index contributed by atoms with van der Waals surface area (Å²) in [5.74, 6) is -0.697. The molecule has 0 saturated carbocycles. The van der Waals surface area contributed by atoms with Gasteiger partial charge >= 0.3 is 5.97 Å². The van der Waals surface area contributed by atoms with E-state index in [1.807, 2.05) is 24.8 Å². The zero-order valence-corrected chi connectivity index (χ0v) is 12.9. The highest BCUT2D eigenvalue weighted by atomic mass is 16.5. The van der Waals surface area contributed by atoms with Gasteiger partial charge in [0.2, 0.25) is 0 Å². The fraction of sp³-hybridized carbons (Fsp3) is 0.471. The molecule has 5 nitrogen and oxygen atoms in total. The third-order valence-corrected chi connectivity index (χ3v) is 4.06. The molecule has 2 atom stereocenters. The molecule has 1 aliphatic heterocycles. The van der Waals surface area contributed by atoms with Gasteiger partial charge < -0.3 is 9.64 Å². The summed E-state index contributed by atoms with van der Waals surface area (Å²) in [6.45, 7) is 3.81.